The number of aromatic nitrogens is 2. The van der Waals surface area contributed by atoms with Gasteiger partial charge in [-0.1, -0.05) is 6.92 Å². The van der Waals surface area contributed by atoms with Crippen LogP contribution in [-0.4, -0.2) is 46.4 Å². The number of alkyl halides is 3. The Morgan fingerprint density at radius 2 is 2.12 bits per heavy atom. The highest BCUT2D eigenvalue weighted by atomic mass is 19.4. The maximum Gasteiger partial charge on any atom is 0.424 e. The van der Waals surface area contributed by atoms with Gasteiger partial charge < -0.3 is 20.3 Å². The van der Waals surface area contributed by atoms with Gasteiger partial charge in [-0.2, -0.15) is 13.2 Å². The Kier molecular flexibility index (Phi) is 6.68. The lowest BCUT2D eigenvalue weighted by atomic mass is 9.84. The number of rotatable bonds is 7. The minimum Gasteiger partial charge on any atom is -0.374 e. The van der Waals surface area contributed by atoms with Crippen LogP contribution in [0, 0.1) is 11.8 Å². The summed E-state index contributed by atoms with van der Waals surface area (Å²) in [5.41, 5.74) is -3.10. The molecule has 1 amide bonds. The van der Waals surface area contributed by atoms with Crippen molar-refractivity contribution in [2.45, 2.75) is 44.4 Å². The third-order valence-electron chi connectivity index (χ3n) is 5.16. The van der Waals surface area contributed by atoms with Crippen molar-refractivity contribution in [3.8, 4) is 0 Å². The van der Waals surface area contributed by atoms with Gasteiger partial charge in [-0.3, -0.25) is 4.79 Å². The first-order valence-corrected chi connectivity index (χ1v) is 8.89. The fourth-order valence-corrected chi connectivity index (χ4v) is 3.47. The summed E-state index contributed by atoms with van der Waals surface area (Å²) in [5.74, 6) is -0.155. The van der Waals surface area contributed by atoms with E-state index < -0.39 is 24.0 Å². The van der Waals surface area contributed by atoms with Crippen LogP contribution >= 0.6 is 0 Å². The van der Waals surface area contributed by atoms with Crippen LogP contribution in [0.1, 0.15) is 38.4 Å². The normalized spacial score (nSPS) is 19.8. The van der Waals surface area contributed by atoms with E-state index in [1.165, 1.54) is 19.4 Å². The van der Waals surface area contributed by atoms with Crippen molar-refractivity contribution in [3.05, 3.63) is 18.2 Å². The number of aliphatic hydroxyl groups is 1. The molecule has 0 radical (unpaired) electrons. The molecule has 2 unspecified atom stereocenters. The molecule has 0 aliphatic carbocycles. The van der Waals surface area contributed by atoms with Crippen molar-refractivity contribution < 1.29 is 23.1 Å². The Bertz CT molecular complexity index is 599. The SMILES string of the molecule is CC(CC(=O)NCCC(O)(c1nccn1C)C(F)(F)F)C1CCNCC1. The van der Waals surface area contributed by atoms with Gasteiger partial charge >= 0.3 is 6.18 Å². The van der Waals surface area contributed by atoms with Crippen molar-refractivity contribution in [1.82, 2.24) is 20.2 Å². The van der Waals surface area contributed by atoms with Gasteiger partial charge in [0.05, 0.1) is 0 Å². The monoisotopic (exact) mass is 376 g/mol. The van der Waals surface area contributed by atoms with Crippen LogP contribution < -0.4 is 10.6 Å². The molecule has 1 aliphatic heterocycles. The minimum atomic E-state index is -4.89. The number of nitrogens with one attached hydrogen (secondary N) is 2. The van der Waals surface area contributed by atoms with E-state index in [0.29, 0.717) is 5.92 Å². The molecule has 6 nitrogen and oxygen atoms in total. The van der Waals surface area contributed by atoms with Crippen LogP contribution in [-0.2, 0) is 17.4 Å². The van der Waals surface area contributed by atoms with E-state index in [1.807, 2.05) is 6.92 Å². The molecule has 2 heterocycles. The zero-order chi connectivity index (χ0) is 19.4. The van der Waals surface area contributed by atoms with Crippen LogP contribution in [0.3, 0.4) is 0 Å². The summed E-state index contributed by atoms with van der Waals surface area (Å²) in [6, 6.07) is 0. The average molecular weight is 376 g/mol. The Morgan fingerprint density at radius 1 is 1.46 bits per heavy atom. The average Bonchev–Trinajstić information content (AvgIpc) is 3.01. The van der Waals surface area contributed by atoms with Crippen molar-refractivity contribution in [2.24, 2.45) is 18.9 Å². The molecular weight excluding hydrogens is 349 g/mol. The number of aryl methyl sites for hydroxylation is 1. The molecule has 9 heteroatoms. The van der Waals surface area contributed by atoms with Crippen molar-refractivity contribution in [1.29, 1.82) is 0 Å². The predicted molar refractivity (Wildman–Crippen MR) is 90.2 cm³/mol. The molecule has 0 spiro atoms. The number of hydrogen-bond donors (Lipinski definition) is 3. The summed E-state index contributed by atoms with van der Waals surface area (Å²) in [4.78, 5) is 15.7. The molecule has 0 aromatic carbocycles. The molecule has 0 bridgehead atoms. The summed E-state index contributed by atoms with van der Waals surface area (Å²) >= 11 is 0. The van der Waals surface area contributed by atoms with E-state index in [4.69, 9.17) is 0 Å². The van der Waals surface area contributed by atoms with E-state index in [2.05, 4.69) is 15.6 Å². The second-order valence-electron chi connectivity index (χ2n) is 7.09. The largest absolute Gasteiger partial charge is 0.424 e. The molecule has 1 aromatic heterocycles. The molecule has 1 aromatic rings. The van der Waals surface area contributed by atoms with Gasteiger partial charge in [-0.25, -0.2) is 4.98 Å². The van der Waals surface area contributed by atoms with Crippen LogP contribution in [0.5, 0.6) is 0 Å². The highest BCUT2D eigenvalue weighted by Gasteiger charge is 2.57. The minimum absolute atomic E-state index is 0.174. The molecule has 0 saturated carbocycles. The second-order valence-corrected chi connectivity index (χ2v) is 7.09. The van der Waals surface area contributed by atoms with Crippen LogP contribution in [0.15, 0.2) is 12.4 Å². The van der Waals surface area contributed by atoms with Crippen LogP contribution in [0.4, 0.5) is 13.2 Å². The molecule has 1 aliphatic rings. The summed E-state index contributed by atoms with van der Waals surface area (Å²) in [6.07, 6.45) is -0.759. The summed E-state index contributed by atoms with van der Waals surface area (Å²) in [7, 11) is 1.39. The van der Waals surface area contributed by atoms with Crippen molar-refractivity contribution in [3.63, 3.8) is 0 Å². The third kappa shape index (κ3) is 4.76. The molecule has 1 saturated heterocycles. The predicted octanol–water partition coefficient (Wildman–Crippen LogP) is 1.70. The molecular formula is C17H27F3N4O2. The topological polar surface area (TPSA) is 79.2 Å². The molecule has 26 heavy (non-hydrogen) atoms. The number of piperidine rings is 1. The zero-order valence-corrected chi connectivity index (χ0v) is 15.1. The molecule has 3 N–H and O–H groups in total. The van der Waals surface area contributed by atoms with E-state index in [-0.39, 0.29) is 24.8 Å². The van der Waals surface area contributed by atoms with Gasteiger partial charge in [-0.05, 0) is 37.8 Å². The van der Waals surface area contributed by atoms with Gasteiger partial charge in [0.15, 0.2) is 0 Å². The number of amides is 1. The Hall–Kier alpha value is -1.61. The van der Waals surface area contributed by atoms with Crippen LogP contribution in [0.25, 0.3) is 0 Å². The molecule has 148 valence electrons. The van der Waals surface area contributed by atoms with Gasteiger partial charge in [0, 0.05) is 38.8 Å². The van der Waals surface area contributed by atoms with Crippen LogP contribution in [0.2, 0.25) is 0 Å². The Labute approximate surface area is 151 Å². The van der Waals surface area contributed by atoms with E-state index in [9.17, 15) is 23.1 Å². The maximum absolute atomic E-state index is 13.4. The number of nitrogens with zero attached hydrogens (tertiary/aromatic N) is 2. The summed E-state index contributed by atoms with van der Waals surface area (Å²) < 4.78 is 41.3. The number of imidazole rings is 1. The van der Waals surface area contributed by atoms with Gasteiger partial charge in [0.1, 0.15) is 5.82 Å². The second kappa shape index (κ2) is 8.39. The summed E-state index contributed by atoms with van der Waals surface area (Å²) in [6.45, 7) is 3.58. The van der Waals surface area contributed by atoms with Gasteiger partial charge in [-0.15, -0.1) is 0 Å². The lowest BCUT2D eigenvalue weighted by Crippen LogP contribution is -2.46. The Morgan fingerprint density at radius 3 is 2.65 bits per heavy atom. The number of carbonyl (C=O) groups is 1. The highest BCUT2D eigenvalue weighted by Crippen LogP contribution is 2.40. The third-order valence-corrected chi connectivity index (χ3v) is 5.16. The van der Waals surface area contributed by atoms with E-state index in [0.717, 1.165) is 30.5 Å². The molecule has 2 rings (SSSR count). The number of carbonyl (C=O) groups excluding carboxylic acids is 1. The van der Waals surface area contributed by atoms with Gasteiger partial charge in [0.2, 0.25) is 11.5 Å². The van der Waals surface area contributed by atoms with Crippen molar-refractivity contribution in [2.75, 3.05) is 19.6 Å². The number of halogens is 3. The Balaban J connectivity index is 1.89. The number of hydrogen-bond acceptors (Lipinski definition) is 4. The highest BCUT2D eigenvalue weighted by molar-refractivity contribution is 5.76. The lowest BCUT2D eigenvalue weighted by molar-refractivity contribution is -0.272. The van der Waals surface area contributed by atoms with Crippen molar-refractivity contribution >= 4 is 5.91 Å². The standard InChI is InChI=1S/C17H27F3N4O2/c1-12(13-3-6-21-7-4-13)11-14(25)22-8-5-16(26,17(18,19)20)15-23-9-10-24(15)2/h9-10,12-13,21,26H,3-8,11H2,1-2H3,(H,22,25). The fraction of sp³-hybridized carbons (Fsp3) is 0.765. The molecule has 1 fully saturated rings. The van der Waals surface area contributed by atoms with Gasteiger partial charge in [0.25, 0.3) is 0 Å². The first kappa shape index (κ1) is 20.7. The first-order valence-electron chi connectivity index (χ1n) is 8.89. The van der Waals surface area contributed by atoms with E-state index >= 15 is 0 Å². The zero-order valence-electron chi connectivity index (χ0n) is 15.1. The first-order chi connectivity index (χ1) is 12.1. The lowest BCUT2D eigenvalue weighted by Gasteiger charge is -2.30. The maximum atomic E-state index is 13.4. The summed E-state index contributed by atoms with van der Waals surface area (Å²) in [5, 5.41) is 16.0. The smallest absolute Gasteiger partial charge is 0.374 e. The molecule has 2 atom stereocenters. The quantitative estimate of drug-likeness (QED) is 0.677. The van der Waals surface area contributed by atoms with E-state index in [1.54, 1.807) is 0 Å². The fourth-order valence-electron chi connectivity index (χ4n) is 3.47.